The first-order valence-electron chi connectivity index (χ1n) is 5.74. The van der Waals surface area contributed by atoms with Gasteiger partial charge in [-0.3, -0.25) is 4.72 Å². The zero-order valence-corrected chi connectivity index (χ0v) is 15.6. The van der Waals surface area contributed by atoms with E-state index in [1.807, 2.05) is 6.92 Å². The highest BCUT2D eigenvalue weighted by Crippen LogP contribution is 2.32. The first-order chi connectivity index (χ1) is 9.70. The van der Waals surface area contributed by atoms with E-state index in [1.54, 1.807) is 12.1 Å². The van der Waals surface area contributed by atoms with Crippen molar-refractivity contribution in [1.29, 1.82) is 0 Å². The number of nitrogen functional groups attached to an aromatic ring is 1. The Balaban J connectivity index is 2.46. The van der Waals surface area contributed by atoms with Crippen LogP contribution in [0.3, 0.4) is 0 Å². The van der Waals surface area contributed by atoms with Crippen LogP contribution in [0.4, 0.5) is 11.4 Å². The van der Waals surface area contributed by atoms with Crippen LogP contribution in [0.25, 0.3) is 0 Å². The number of hydrogen-bond acceptors (Lipinski definition) is 3. The summed E-state index contributed by atoms with van der Waals surface area (Å²) in [5, 5.41) is 0.237. The molecule has 2 rings (SSSR count). The molecule has 112 valence electrons. The van der Waals surface area contributed by atoms with E-state index in [1.165, 1.54) is 18.2 Å². The van der Waals surface area contributed by atoms with Crippen molar-refractivity contribution < 1.29 is 8.42 Å². The highest BCUT2D eigenvalue weighted by Gasteiger charge is 2.20. The normalized spacial score (nSPS) is 11.4. The fourth-order valence-electron chi connectivity index (χ4n) is 1.65. The van der Waals surface area contributed by atoms with E-state index in [4.69, 9.17) is 17.3 Å². The van der Waals surface area contributed by atoms with E-state index in [9.17, 15) is 8.42 Å². The highest BCUT2D eigenvalue weighted by atomic mass is 79.9. The number of rotatable bonds is 3. The van der Waals surface area contributed by atoms with Gasteiger partial charge >= 0.3 is 0 Å². The molecule has 0 saturated heterocycles. The topological polar surface area (TPSA) is 72.2 Å². The summed E-state index contributed by atoms with van der Waals surface area (Å²) >= 11 is 12.6. The van der Waals surface area contributed by atoms with Gasteiger partial charge in [0.05, 0.1) is 10.7 Å². The molecule has 2 aromatic rings. The van der Waals surface area contributed by atoms with Gasteiger partial charge in [0.1, 0.15) is 4.90 Å². The van der Waals surface area contributed by atoms with Gasteiger partial charge in [-0.05, 0) is 58.7 Å². The molecule has 2 aromatic carbocycles. The van der Waals surface area contributed by atoms with Crippen LogP contribution >= 0.6 is 43.5 Å². The lowest BCUT2D eigenvalue weighted by atomic mass is 10.2. The molecule has 0 saturated carbocycles. The SMILES string of the molecule is Cc1cc(Br)c(S(=O)(=O)Nc2ccc(N)cc2Cl)cc1Br. The van der Waals surface area contributed by atoms with Crippen LogP contribution in [0.2, 0.25) is 5.02 Å². The Morgan fingerprint density at radius 1 is 1.14 bits per heavy atom. The van der Waals surface area contributed by atoms with Crippen LogP contribution in [0.15, 0.2) is 44.2 Å². The molecule has 0 unspecified atom stereocenters. The summed E-state index contributed by atoms with van der Waals surface area (Å²) in [5.41, 5.74) is 7.24. The predicted octanol–water partition coefficient (Wildman–Crippen LogP) is 4.56. The van der Waals surface area contributed by atoms with Gasteiger partial charge in [0.25, 0.3) is 10.0 Å². The van der Waals surface area contributed by atoms with E-state index >= 15 is 0 Å². The van der Waals surface area contributed by atoms with E-state index < -0.39 is 10.0 Å². The van der Waals surface area contributed by atoms with E-state index in [-0.39, 0.29) is 15.6 Å². The molecule has 8 heteroatoms. The zero-order valence-electron chi connectivity index (χ0n) is 10.8. The number of nitrogens with two attached hydrogens (primary N) is 1. The number of sulfonamides is 1. The molecule has 0 aliphatic carbocycles. The summed E-state index contributed by atoms with van der Waals surface area (Å²) in [5.74, 6) is 0. The standard InChI is InChI=1S/C13H11Br2ClN2O2S/c1-7-4-10(15)13(6-9(7)14)21(19,20)18-12-3-2-8(17)5-11(12)16/h2-6,18H,17H2,1H3. The average Bonchev–Trinajstić information content (AvgIpc) is 2.37. The van der Waals surface area contributed by atoms with Gasteiger partial charge in [0.2, 0.25) is 0 Å². The molecule has 3 N–H and O–H groups in total. The molecule has 0 aliphatic heterocycles. The van der Waals surface area contributed by atoms with Crippen molar-refractivity contribution in [2.24, 2.45) is 0 Å². The van der Waals surface area contributed by atoms with Crippen molar-refractivity contribution in [2.75, 3.05) is 10.5 Å². The summed E-state index contributed by atoms with van der Waals surface area (Å²) in [6.45, 7) is 1.87. The monoisotopic (exact) mass is 452 g/mol. The van der Waals surface area contributed by atoms with Crippen molar-refractivity contribution in [2.45, 2.75) is 11.8 Å². The second-order valence-electron chi connectivity index (χ2n) is 4.38. The fraction of sp³-hybridized carbons (Fsp3) is 0.0769. The number of anilines is 2. The molecule has 4 nitrogen and oxygen atoms in total. The van der Waals surface area contributed by atoms with Crippen LogP contribution < -0.4 is 10.5 Å². The summed E-state index contributed by atoms with van der Waals surface area (Å²) in [6.07, 6.45) is 0. The Kier molecular flexibility index (Phi) is 4.87. The lowest BCUT2D eigenvalue weighted by molar-refractivity contribution is 0.600. The third-order valence-electron chi connectivity index (χ3n) is 2.74. The summed E-state index contributed by atoms with van der Waals surface area (Å²) in [6, 6.07) is 7.84. The third kappa shape index (κ3) is 3.71. The maximum atomic E-state index is 12.5. The molecular formula is C13H11Br2ClN2O2S. The maximum absolute atomic E-state index is 12.5. The number of halogens is 3. The number of benzene rings is 2. The van der Waals surface area contributed by atoms with Crippen molar-refractivity contribution in [1.82, 2.24) is 0 Å². The lowest BCUT2D eigenvalue weighted by Crippen LogP contribution is -2.14. The predicted molar refractivity (Wildman–Crippen MR) is 93.3 cm³/mol. The Morgan fingerprint density at radius 3 is 2.43 bits per heavy atom. The number of hydrogen-bond donors (Lipinski definition) is 2. The molecule has 0 fully saturated rings. The molecule has 0 spiro atoms. The molecular weight excluding hydrogens is 443 g/mol. The number of aryl methyl sites for hydroxylation is 1. The van der Waals surface area contributed by atoms with E-state index in [2.05, 4.69) is 36.6 Å². The number of nitrogens with one attached hydrogen (secondary N) is 1. The summed E-state index contributed by atoms with van der Waals surface area (Å²) in [7, 11) is -3.77. The molecule has 0 atom stereocenters. The molecule has 0 amide bonds. The summed E-state index contributed by atoms with van der Waals surface area (Å²) < 4.78 is 28.6. The Labute approximate surface area is 145 Å². The van der Waals surface area contributed by atoms with Crippen molar-refractivity contribution in [3.8, 4) is 0 Å². The molecule has 0 aromatic heterocycles. The third-order valence-corrected chi connectivity index (χ3v) is 6.23. The fourth-order valence-corrected chi connectivity index (χ4v) is 4.70. The minimum Gasteiger partial charge on any atom is -0.399 e. The van der Waals surface area contributed by atoms with Crippen LogP contribution in [-0.4, -0.2) is 8.42 Å². The van der Waals surface area contributed by atoms with Gasteiger partial charge in [-0.1, -0.05) is 27.5 Å². The van der Waals surface area contributed by atoms with E-state index in [0.29, 0.717) is 14.6 Å². The minimum absolute atomic E-state index is 0.118. The average molecular weight is 455 g/mol. The largest absolute Gasteiger partial charge is 0.399 e. The van der Waals surface area contributed by atoms with Gasteiger partial charge in [-0.25, -0.2) is 8.42 Å². The Bertz CT molecular complexity index is 810. The maximum Gasteiger partial charge on any atom is 0.263 e. The van der Waals surface area contributed by atoms with Gasteiger partial charge in [0.15, 0.2) is 0 Å². The van der Waals surface area contributed by atoms with E-state index in [0.717, 1.165) is 5.56 Å². The second-order valence-corrected chi connectivity index (χ2v) is 8.14. The van der Waals surface area contributed by atoms with Crippen molar-refractivity contribution in [3.63, 3.8) is 0 Å². The van der Waals surface area contributed by atoms with Gasteiger partial charge in [-0.2, -0.15) is 0 Å². The Hall–Kier alpha value is -0.760. The van der Waals surface area contributed by atoms with Crippen LogP contribution in [0.5, 0.6) is 0 Å². The minimum atomic E-state index is -3.77. The van der Waals surface area contributed by atoms with Crippen LogP contribution in [0, 0.1) is 6.92 Å². The molecule has 21 heavy (non-hydrogen) atoms. The quantitative estimate of drug-likeness (QED) is 0.668. The molecule has 0 radical (unpaired) electrons. The Morgan fingerprint density at radius 2 is 1.81 bits per heavy atom. The smallest absolute Gasteiger partial charge is 0.263 e. The van der Waals surface area contributed by atoms with Crippen molar-refractivity contribution >= 4 is 64.9 Å². The first-order valence-corrected chi connectivity index (χ1v) is 9.19. The summed E-state index contributed by atoms with van der Waals surface area (Å²) in [4.78, 5) is 0.118. The first kappa shape index (κ1) is 16.6. The van der Waals surface area contributed by atoms with Crippen molar-refractivity contribution in [3.05, 3.63) is 49.9 Å². The van der Waals surface area contributed by atoms with Gasteiger partial charge in [-0.15, -0.1) is 0 Å². The molecule has 0 aliphatic rings. The zero-order chi connectivity index (χ0) is 15.8. The van der Waals surface area contributed by atoms with Crippen LogP contribution in [-0.2, 0) is 10.0 Å². The van der Waals surface area contributed by atoms with Crippen LogP contribution in [0.1, 0.15) is 5.56 Å². The van der Waals surface area contributed by atoms with Gasteiger partial charge < -0.3 is 5.73 Å². The molecule has 0 bridgehead atoms. The second kappa shape index (κ2) is 6.16. The highest BCUT2D eigenvalue weighted by molar-refractivity contribution is 9.11. The lowest BCUT2D eigenvalue weighted by Gasteiger charge is -2.12. The van der Waals surface area contributed by atoms with Gasteiger partial charge in [0, 0.05) is 14.6 Å². The molecule has 0 heterocycles.